The van der Waals surface area contributed by atoms with Gasteiger partial charge in [0.25, 0.3) is 0 Å². The second-order valence-electron chi connectivity index (χ2n) is 6.79. The summed E-state index contributed by atoms with van der Waals surface area (Å²) < 4.78 is 23.2. The van der Waals surface area contributed by atoms with Gasteiger partial charge < -0.3 is 10.2 Å². The molecule has 1 N–H and O–H groups in total. The maximum atomic E-state index is 12.4. The van der Waals surface area contributed by atoms with Gasteiger partial charge in [0.15, 0.2) is 0 Å². The van der Waals surface area contributed by atoms with Crippen LogP contribution in [0, 0.1) is 0 Å². The van der Waals surface area contributed by atoms with E-state index in [1.54, 1.807) is 18.5 Å². The lowest BCUT2D eigenvalue weighted by atomic mass is 10.1. The van der Waals surface area contributed by atoms with Gasteiger partial charge in [-0.15, -0.1) is 0 Å². The number of carbonyl (C=O) groups excluding carboxylic acids is 1. The fourth-order valence-corrected chi connectivity index (χ4v) is 3.11. The second kappa shape index (κ2) is 7.42. The van der Waals surface area contributed by atoms with Crippen molar-refractivity contribution < 1.29 is 8.91 Å². The minimum atomic E-state index is -2.33. The summed E-state index contributed by atoms with van der Waals surface area (Å²) in [4.78, 5) is 25.4. The first-order valence-corrected chi connectivity index (χ1v) is 8.80. The van der Waals surface area contributed by atoms with Gasteiger partial charge in [0.05, 0.1) is 18.4 Å². The molecule has 140 valence electrons. The number of nitrogens with zero attached hydrogens (tertiary/aromatic N) is 6. The van der Waals surface area contributed by atoms with Crippen LogP contribution in [-0.4, -0.2) is 75.2 Å². The van der Waals surface area contributed by atoms with Gasteiger partial charge >= 0.3 is 0 Å². The van der Waals surface area contributed by atoms with E-state index in [-0.39, 0.29) is 5.91 Å². The van der Waals surface area contributed by atoms with Crippen molar-refractivity contribution in [1.82, 2.24) is 29.5 Å². The van der Waals surface area contributed by atoms with Crippen LogP contribution in [0.1, 0.15) is 4.11 Å². The molecular weight excluding hydrogens is 342 g/mol. The lowest BCUT2D eigenvalue weighted by Crippen LogP contribution is -2.47. The van der Waals surface area contributed by atoms with Crippen LogP contribution in [0.25, 0.3) is 22.0 Å². The third kappa shape index (κ3) is 4.12. The first-order valence-electron chi connectivity index (χ1n) is 10.3. The van der Waals surface area contributed by atoms with Crippen LogP contribution >= 0.6 is 0 Å². The topological polar surface area (TPSA) is 79.2 Å². The number of fused-ring (bicyclic) bond motifs is 1. The SMILES string of the molecule is [2H]C([2H])([2H])n1cc(-c2cc3cc(NC(=O)CN4CCN(C)CC4)ncc3cn2)cn1. The molecule has 4 rings (SSSR count). The van der Waals surface area contributed by atoms with Crippen LogP contribution in [0.4, 0.5) is 5.82 Å². The monoisotopic (exact) mass is 368 g/mol. The number of amides is 1. The Hall–Kier alpha value is -2.84. The number of carbonyl (C=O) groups is 1. The predicted octanol–water partition coefficient (Wildman–Crippen LogP) is 1.22. The lowest BCUT2D eigenvalue weighted by Gasteiger charge is -2.31. The average Bonchev–Trinajstić information content (AvgIpc) is 3.20. The van der Waals surface area contributed by atoms with Crippen molar-refractivity contribution in [2.24, 2.45) is 6.98 Å². The first kappa shape index (κ1) is 14.2. The van der Waals surface area contributed by atoms with Crippen molar-refractivity contribution in [3.8, 4) is 11.3 Å². The Kier molecular flexibility index (Phi) is 3.91. The van der Waals surface area contributed by atoms with E-state index in [4.69, 9.17) is 4.11 Å². The quantitative estimate of drug-likeness (QED) is 0.746. The Morgan fingerprint density at radius 3 is 2.74 bits per heavy atom. The summed E-state index contributed by atoms with van der Waals surface area (Å²) >= 11 is 0. The maximum absolute atomic E-state index is 12.4. The molecule has 8 heteroatoms. The van der Waals surface area contributed by atoms with E-state index in [2.05, 4.69) is 37.2 Å². The minimum Gasteiger partial charge on any atom is -0.310 e. The van der Waals surface area contributed by atoms with Gasteiger partial charge in [-0.3, -0.25) is 19.4 Å². The predicted molar refractivity (Wildman–Crippen MR) is 104 cm³/mol. The summed E-state index contributed by atoms with van der Waals surface area (Å²) in [7, 11) is 2.08. The van der Waals surface area contributed by atoms with Crippen molar-refractivity contribution >= 4 is 22.5 Å². The number of likely N-dealkylation sites (N-methyl/N-ethyl adjacent to an activating group) is 1. The highest BCUT2D eigenvalue weighted by atomic mass is 16.2. The standard InChI is InChI=1S/C19H23N7O/c1-24-3-5-26(6-4-24)13-19(27)23-18-8-14-7-17(16-11-22-25(2)12-16)20-9-15(14)10-21-18/h7-12H,3-6,13H2,1-2H3,(H,21,23,27)/i2D3. The van der Waals surface area contributed by atoms with Crippen LogP contribution in [-0.2, 0) is 11.8 Å². The summed E-state index contributed by atoms with van der Waals surface area (Å²) in [6.45, 7) is 1.65. The Morgan fingerprint density at radius 2 is 1.96 bits per heavy atom. The highest BCUT2D eigenvalue weighted by Gasteiger charge is 2.17. The number of hydrogen-bond donors (Lipinski definition) is 1. The molecule has 1 aliphatic heterocycles. The van der Waals surface area contributed by atoms with Crippen molar-refractivity contribution in [2.45, 2.75) is 0 Å². The van der Waals surface area contributed by atoms with E-state index in [1.165, 1.54) is 12.4 Å². The number of hydrogen-bond acceptors (Lipinski definition) is 6. The zero-order valence-electron chi connectivity index (χ0n) is 18.1. The molecule has 1 amide bonds. The molecule has 0 aromatic carbocycles. The van der Waals surface area contributed by atoms with Gasteiger partial charge in [-0.05, 0) is 24.6 Å². The highest BCUT2D eigenvalue weighted by molar-refractivity contribution is 5.94. The molecular formula is C19H23N7O. The molecule has 0 bridgehead atoms. The van der Waals surface area contributed by atoms with Crippen molar-refractivity contribution in [1.29, 1.82) is 0 Å². The first-order chi connectivity index (χ1) is 14.3. The Morgan fingerprint density at radius 1 is 1.15 bits per heavy atom. The molecule has 0 saturated carbocycles. The zero-order valence-corrected chi connectivity index (χ0v) is 15.1. The van der Waals surface area contributed by atoms with Crippen LogP contribution < -0.4 is 5.32 Å². The molecule has 0 atom stereocenters. The van der Waals surface area contributed by atoms with E-state index < -0.39 is 6.98 Å². The third-order valence-corrected chi connectivity index (χ3v) is 4.71. The molecule has 1 saturated heterocycles. The van der Waals surface area contributed by atoms with Gasteiger partial charge in [-0.1, -0.05) is 0 Å². The Balaban J connectivity index is 1.49. The van der Waals surface area contributed by atoms with Gasteiger partial charge in [0, 0.05) is 66.8 Å². The molecule has 0 unspecified atom stereocenters. The number of rotatable bonds is 4. The van der Waals surface area contributed by atoms with Gasteiger partial charge in [-0.25, -0.2) is 4.98 Å². The maximum Gasteiger partial charge on any atom is 0.239 e. The van der Waals surface area contributed by atoms with E-state index in [1.807, 2.05) is 6.07 Å². The summed E-state index contributed by atoms with van der Waals surface area (Å²) in [5.74, 6) is 0.372. The molecule has 4 heterocycles. The van der Waals surface area contributed by atoms with Crippen LogP contribution in [0.5, 0.6) is 0 Å². The number of pyridine rings is 2. The Bertz CT molecular complexity index is 1060. The van der Waals surface area contributed by atoms with E-state index in [0.717, 1.165) is 41.6 Å². The molecule has 3 aromatic rings. The van der Waals surface area contributed by atoms with Crippen LogP contribution in [0.15, 0.2) is 36.9 Å². The van der Waals surface area contributed by atoms with Crippen molar-refractivity contribution in [2.75, 3.05) is 45.1 Å². The highest BCUT2D eigenvalue weighted by Crippen LogP contribution is 2.22. The van der Waals surface area contributed by atoms with E-state index in [9.17, 15) is 4.79 Å². The largest absolute Gasteiger partial charge is 0.310 e. The molecule has 0 spiro atoms. The number of anilines is 1. The van der Waals surface area contributed by atoms with Crippen molar-refractivity contribution in [3.63, 3.8) is 0 Å². The average molecular weight is 368 g/mol. The smallest absolute Gasteiger partial charge is 0.239 e. The van der Waals surface area contributed by atoms with E-state index >= 15 is 0 Å². The number of nitrogens with one attached hydrogen (secondary N) is 1. The second-order valence-corrected chi connectivity index (χ2v) is 6.79. The van der Waals surface area contributed by atoms with Gasteiger partial charge in [0.2, 0.25) is 5.91 Å². The van der Waals surface area contributed by atoms with Crippen LogP contribution in [0.2, 0.25) is 0 Å². The van der Waals surface area contributed by atoms with E-state index in [0.29, 0.717) is 23.6 Å². The summed E-state index contributed by atoms with van der Waals surface area (Å²) in [5, 5.41) is 8.42. The summed E-state index contributed by atoms with van der Waals surface area (Å²) in [6, 6.07) is 3.62. The van der Waals surface area contributed by atoms with Gasteiger partial charge in [0.1, 0.15) is 5.82 Å². The molecule has 8 nitrogen and oxygen atoms in total. The fourth-order valence-electron chi connectivity index (χ4n) is 3.11. The van der Waals surface area contributed by atoms with Crippen LogP contribution in [0.3, 0.4) is 0 Å². The number of aromatic nitrogens is 4. The molecule has 3 aromatic heterocycles. The van der Waals surface area contributed by atoms with Crippen molar-refractivity contribution in [3.05, 3.63) is 36.9 Å². The third-order valence-electron chi connectivity index (χ3n) is 4.71. The zero-order chi connectivity index (χ0) is 21.3. The number of piperazine rings is 1. The van der Waals surface area contributed by atoms with Gasteiger partial charge in [-0.2, -0.15) is 5.10 Å². The molecule has 0 aliphatic carbocycles. The summed E-state index contributed by atoms with van der Waals surface area (Å²) in [5.41, 5.74) is 1.20. The summed E-state index contributed by atoms with van der Waals surface area (Å²) in [6.07, 6.45) is 6.24. The Labute approximate surface area is 162 Å². The molecule has 27 heavy (non-hydrogen) atoms. The molecule has 1 aliphatic rings. The molecule has 1 fully saturated rings. The normalized spacial score (nSPS) is 18.0. The fraction of sp³-hybridized carbons (Fsp3) is 0.368. The minimum absolute atomic E-state index is 0.0976. The number of aryl methyl sites for hydroxylation is 1. The molecule has 0 radical (unpaired) electrons. The lowest BCUT2D eigenvalue weighted by molar-refractivity contribution is -0.117.